The van der Waals surface area contributed by atoms with Crippen LogP contribution in [0.2, 0.25) is 0 Å². The lowest BCUT2D eigenvalue weighted by molar-refractivity contribution is -0.120. The lowest BCUT2D eigenvalue weighted by atomic mass is 10.2. The normalized spacial score (nSPS) is 9.89. The van der Waals surface area contributed by atoms with Gasteiger partial charge in [-0.25, -0.2) is 9.78 Å². The number of carboxylic acid groups (broad SMARTS) is 1. The molecule has 0 aliphatic rings. The maximum absolute atomic E-state index is 11.9. The average molecular weight is 254 g/mol. The molecule has 1 heterocycles. The van der Waals surface area contributed by atoms with Crippen LogP contribution in [0.15, 0.2) is 6.33 Å². The quantitative estimate of drug-likeness (QED) is 0.643. The summed E-state index contributed by atoms with van der Waals surface area (Å²) in [6, 6.07) is 0. The topological polar surface area (TPSA) is 115 Å². The van der Waals surface area contributed by atoms with Gasteiger partial charge in [-0.1, -0.05) is 0 Å². The van der Waals surface area contributed by atoms with Crippen LogP contribution in [0, 0.1) is 0 Å². The number of rotatable bonds is 5. The van der Waals surface area contributed by atoms with Crippen molar-refractivity contribution in [1.29, 1.82) is 0 Å². The number of amides is 2. The molecule has 1 aromatic heterocycles. The van der Waals surface area contributed by atoms with Crippen LogP contribution in [-0.2, 0) is 4.79 Å². The number of nitrogens with zero attached hydrogens (tertiary/aromatic N) is 2. The number of nitrogens with one attached hydrogen (secondary N) is 2. The SMILES string of the molecule is CNC(=O)CCN(C)C(=O)c1nc[nH]c1C(=O)O. The molecule has 3 N–H and O–H groups in total. The maximum atomic E-state index is 11.9. The largest absolute Gasteiger partial charge is 0.477 e. The van der Waals surface area contributed by atoms with Gasteiger partial charge in [0.25, 0.3) is 5.91 Å². The van der Waals surface area contributed by atoms with Gasteiger partial charge in [0.2, 0.25) is 5.91 Å². The van der Waals surface area contributed by atoms with Crippen LogP contribution in [0.4, 0.5) is 0 Å². The number of H-pyrrole nitrogens is 1. The van der Waals surface area contributed by atoms with Crippen molar-refractivity contribution in [2.45, 2.75) is 6.42 Å². The summed E-state index contributed by atoms with van der Waals surface area (Å²) >= 11 is 0. The Morgan fingerprint density at radius 3 is 2.72 bits per heavy atom. The van der Waals surface area contributed by atoms with Crippen LogP contribution in [0.25, 0.3) is 0 Å². The number of hydrogen-bond donors (Lipinski definition) is 3. The third-order valence-electron chi connectivity index (χ3n) is 2.36. The Balaban J connectivity index is 2.71. The Bertz CT molecular complexity index is 468. The van der Waals surface area contributed by atoms with E-state index in [9.17, 15) is 14.4 Å². The van der Waals surface area contributed by atoms with Gasteiger partial charge in [0.15, 0.2) is 11.4 Å². The first-order chi connectivity index (χ1) is 8.47. The van der Waals surface area contributed by atoms with Crippen molar-refractivity contribution in [3.8, 4) is 0 Å². The van der Waals surface area contributed by atoms with Crippen molar-refractivity contribution in [3.63, 3.8) is 0 Å². The molecule has 0 spiro atoms. The smallest absolute Gasteiger partial charge is 0.354 e. The number of hydrogen-bond acceptors (Lipinski definition) is 4. The molecule has 0 aromatic carbocycles. The number of aromatic carboxylic acids is 1. The van der Waals surface area contributed by atoms with Crippen molar-refractivity contribution in [2.24, 2.45) is 0 Å². The number of aromatic amines is 1. The molecule has 8 heteroatoms. The molecule has 0 fully saturated rings. The number of carbonyl (C=O) groups excluding carboxylic acids is 2. The predicted molar refractivity (Wildman–Crippen MR) is 61.2 cm³/mol. The minimum Gasteiger partial charge on any atom is -0.477 e. The Hall–Kier alpha value is -2.38. The first kappa shape index (κ1) is 13.7. The Labute approximate surface area is 103 Å². The zero-order valence-corrected chi connectivity index (χ0v) is 10.1. The highest BCUT2D eigenvalue weighted by Crippen LogP contribution is 2.06. The van der Waals surface area contributed by atoms with E-state index in [1.807, 2.05) is 0 Å². The summed E-state index contributed by atoms with van der Waals surface area (Å²) in [7, 11) is 2.98. The van der Waals surface area contributed by atoms with Gasteiger partial charge in [-0.2, -0.15) is 0 Å². The molecule has 0 saturated carbocycles. The summed E-state index contributed by atoms with van der Waals surface area (Å²) in [6.45, 7) is 0.185. The molecule has 0 bridgehead atoms. The lowest BCUT2D eigenvalue weighted by Gasteiger charge is -2.15. The number of imidazole rings is 1. The zero-order valence-electron chi connectivity index (χ0n) is 10.1. The van der Waals surface area contributed by atoms with Gasteiger partial charge in [0.05, 0.1) is 6.33 Å². The molecule has 8 nitrogen and oxygen atoms in total. The monoisotopic (exact) mass is 254 g/mol. The van der Waals surface area contributed by atoms with Crippen LogP contribution in [0.5, 0.6) is 0 Å². The number of aromatic nitrogens is 2. The molecule has 98 valence electrons. The molecular formula is C10H14N4O4. The van der Waals surface area contributed by atoms with Gasteiger partial charge >= 0.3 is 5.97 Å². The average Bonchev–Trinajstić information content (AvgIpc) is 2.83. The van der Waals surface area contributed by atoms with Crippen LogP contribution in [0.1, 0.15) is 27.4 Å². The highest BCUT2D eigenvalue weighted by molar-refractivity contribution is 6.02. The van der Waals surface area contributed by atoms with E-state index in [4.69, 9.17) is 5.11 Å². The number of carbonyl (C=O) groups is 3. The predicted octanol–water partition coefficient (Wildman–Crippen LogP) is -0.684. The summed E-state index contributed by atoms with van der Waals surface area (Å²) < 4.78 is 0. The Morgan fingerprint density at radius 2 is 2.17 bits per heavy atom. The molecule has 0 aliphatic heterocycles. The van der Waals surface area contributed by atoms with Gasteiger partial charge in [-0.05, 0) is 0 Å². The van der Waals surface area contributed by atoms with Crippen LogP contribution >= 0.6 is 0 Å². The third kappa shape index (κ3) is 3.06. The van der Waals surface area contributed by atoms with Gasteiger partial charge in [0.1, 0.15) is 0 Å². The van der Waals surface area contributed by atoms with Gasteiger partial charge < -0.3 is 20.3 Å². The van der Waals surface area contributed by atoms with E-state index in [0.717, 1.165) is 6.33 Å². The fraction of sp³-hybridized carbons (Fsp3) is 0.400. The minimum atomic E-state index is -1.25. The highest BCUT2D eigenvalue weighted by atomic mass is 16.4. The van der Waals surface area contributed by atoms with E-state index in [2.05, 4.69) is 15.3 Å². The van der Waals surface area contributed by atoms with Gasteiger partial charge in [0, 0.05) is 27.1 Å². The van der Waals surface area contributed by atoms with Crippen LogP contribution < -0.4 is 5.32 Å². The summed E-state index contributed by atoms with van der Waals surface area (Å²) in [5, 5.41) is 11.3. The molecule has 0 atom stereocenters. The van der Waals surface area contributed by atoms with E-state index in [1.165, 1.54) is 19.0 Å². The molecule has 1 rings (SSSR count). The summed E-state index contributed by atoms with van der Waals surface area (Å²) in [4.78, 5) is 41.0. The van der Waals surface area contributed by atoms with E-state index >= 15 is 0 Å². The van der Waals surface area contributed by atoms with E-state index in [1.54, 1.807) is 0 Å². The standard InChI is InChI=1S/C10H14N4O4/c1-11-6(15)3-4-14(2)9(16)7-8(10(17)18)13-5-12-7/h5H,3-4H2,1-2H3,(H,11,15)(H,12,13)(H,17,18). The van der Waals surface area contributed by atoms with Crippen molar-refractivity contribution in [2.75, 3.05) is 20.6 Å². The van der Waals surface area contributed by atoms with E-state index in [0.29, 0.717) is 0 Å². The fourth-order valence-electron chi connectivity index (χ4n) is 1.30. The molecule has 2 amide bonds. The molecule has 18 heavy (non-hydrogen) atoms. The van der Waals surface area contributed by atoms with Gasteiger partial charge in [-0.3, -0.25) is 9.59 Å². The minimum absolute atomic E-state index is 0.144. The maximum Gasteiger partial charge on any atom is 0.354 e. The number of carboxylic acids is 1. The second-order valence-electron chi connectivity index (χ2n) is 3.58. The molecule has 1 aromatic rings. The lowest BCUT2D eigenvalue weighted by Crippen LogP contribution is -2.32. The first-order valence-corrected chi connectivity index (χ1v) is 5.20. The molecule has 0 unspecified atom stereocenters. The Kier molecular flexibility index (Phi) is 4.41. The first-order valence-electron chi connectivity index (χ1n) is 5.20. The van der Waals surface area contributed by atoms with Crippen molar-refractivity contribution in [3.05, 3.63) is 17.7 Å². The second kappa shape index (κ2) is 5.80. The van der Waals surface area contributed by atoms with Crippen LogP contribution in [-0.4, -0.2) is 58.4 Å². The van der Waals surface area contributed by atoms with Crippen molar-refractivity contribution >= 4 is 17.8 Å². The third-order valence-corrected chi connectivity index (χ3v) is 2.36. The molecular weight excluding hydrogens is 240 g/mol. The van der Waals surface area contributed by atoms with E-state index in [-0.39, 0.29) is 30.3 Å². The van der Waals surface area contributed by atoms with Crippen molar-refractivity contribution < 1.29 is 19.5 Å². The fourth-order valence-corrected chi connectivity index (χ4v) is 1.30. The Morgan fingerprint density at radius 1 is 1.50 bits per heavy atom. The summed E-state index contributed by atoms with van der Waals surface area (Å²) in [5.74, 6) is -2.00. The summed E-state index contributed by atoms with van der Waals surface area (Å²) in [5.41, 5.74) is -0.423. The zero-order chi connectivity index (χ0) is 13.7. The molecule has 0 aliphatic carbocycles. The highest BCUT2D eigenvalue weighted by Gasteiger charge is 2.22. The second-order valence-corrected chi connectivity index (χ2v) is 3.58. The molecule has 0 saturated heterocycles. The summed E-state index contributed by atoms with van der Waals surface area (Å²) in [6.07, 6.45) is 1.29. The van der Waals surface area contributed by atoms with Crippen LogP contribution in [0.3, 0.4) is 0 Å². The van der Waals surface area contributed by atoms with Gasteiger partial charge in [-0.15, -0.1) is 0 Å². The molecule has 0 radical (unpaired) electrons. The van der Waals surface area contributed by atoms with E-state index < -0.39 is 11.9 Å². The van der Waals surface area contributed by atoms with Crippen molar-refractivity contribution in [1.82, 2.24) is 20.2 Å².